The molecule has 3 nitrogen and oxygen atoms in total. The molecule has 0 aliphatic heterocycles. The van der Waals surface area contributed by atoms with E-state index in [-0.39, 0.29) is 5.97 Å². The van der Waals surface area contributed by atoms with Gasteiger partial charge in [0.15, 0.2) is 0 Å². The summed E-state index contributed by atoms with van der Waals surface area (Å²) in [6.45, 7) is 5.13. The maximum absolute atomic E-state index is 12.5. The van der Waals surface area contributed by atoms with E-state index in [1.165, 1.54) is 63.4 Å². The number of benzene rings is 2. The van der Waals surface area contributed by atoms with Crippen LogP contribution in [0.2, 0.25) is 0 Å². The Morgan fingerprint density at radius 1 is 0.781 bits per heavy atom. The molecule has 0 unspecified atom stereocenters. The third-order valence-corrected chi connectivity index (χ3v) is 6.73. The van der Waals surface area contributed by atoms with Gasteiger partial charge in [-0.1, -0.05) is 64.5 Å². The zero-order valence-electron chi connectivity index (χ0n) is 20.0. The number of carbonyl (C=O) groups excluding carboxylic acids is 1. The van der Waals surface area contributed by atoms with E-state index in [0.717, 1.165) is 24.5 Å². The molecule has 1 fully saturated rings. The molecule has 0 radical (unpaired) electrons. The van der Waals surface area contributed by atoms with Gasteiger partial charge in [0.2, 0.25) is 0 Å². The number of hydrogen-bond donors (Lipinski definition) is 0. The van der Waals surface area contributed by atoms with Gasteiger partial charge in [-0.05, 0) is 85.9 Å². The lowest BCUT2D eigenvalue weighted by Gasteiger charge is -2.29. The molecule has 0 bridgehead atoms. The van der Waals surface area contributed by atoms with Gasteiger partial charge in [-0.15, -0.1) is 0 Å². The quantitative estimate of drug-likeness (QED) is 0.190. The summed E-state index contributed by atoms with van der Waals surface area (Å²) in [6.07, 6.45) is 14.3. The topological polar surface area (TPSA) is 35.5 Å². The molecule has 1 aliphatic rings. The minimum atomic E-state index is -0.313. The van der Waals surface area contributed by atoms with Crippen LogP contribution in [0.25, 0.3) is 0 Å². The number of hydrogen-bond acceptors (Lipinski definition) is 3. The second kappa shape index (κ2) is 13.3. The minimum Gasteiger partial charge on any atom is -0.494 e. The molecule has 1 aliphatic carbocycles. The van der Waals surface area contributed by atoms with Crippen LogP contribution in [0.15, 0.2) is 48.5 Å². The molecule has 3 heteroatoms. The molecule has 2 aromatic rings. The number of carbonyl (C=O) groups is 1. The SMILES string of the molecule is CCCCCCC1CCC(c2ccc(C(=O)Oc3ccc(OCCCC)cc3)cc2)CC1. The van der Waals surface area contributed by atoms with E-state index in [4.69, 9.17) is 9.47 Å². The Morgan fingerprint density at radius 3 is 2.09 bits per heavy atom. The first-order valence-corrected chi connectivity index (χ1v) is 12.7. The lowest BCUT2D eigenvalue weighted by molar-refractivity contribution is 0.0734. The molecule has 0 heterocycles. The zero-order chi connectivity index (χ0) is 22.6. The van der Waals surface area contributed by atoms with Crippen molar-refractivity contribution in [3.8, 4) is 11.5 Å². The average molecular weight is 437 g/mol. The fraction of sp³-hybridized carbons (Fsp3) is 0.552. The molecule has 0 N–H and O–H groups in total. The lowest BCUT2D eigenvalue weighted by atomic mass is 9.77. The second-order valence-corrected chi connectivity index (χ2v) is 9.25. The fourth-order valence-corrected chi connectivity index (χ4v) is 4.64. The van der Waals surface area contributed by atoms with Gasteiger partial charge in [0.05, 0.1) is 12.2 Å². The maximum Gasteiger partial charge on any atom is 0.343 e. The van der Waals surface area contributed by atoms with Crippen molar-refractivity contribution in [2.75, 3.05) is 6.61 Å². The summed E-state index contributed by atoms with van der Waals surface area (Å²) in [7, 11) is 0. The molecule has 1 saturated carbocycles. The summed E-state index contributed by atoms with van der Waals surface area (Å²) in [5.41, 5.74) is 1.96. The lowest BCUT2D eigenvalue weighted by Crippen LogP contribution is -2.14. The first-order valence-electron chi connectivity index (χ1n) is 12.7. The Labute approximate surface area is 194 Å². The standard InChI is InChI=1S/C29H40O3/c1-3-5-7-8-9-23-10-12-24(13-11-23)25-14-16-26(17-15-25)29(30)32-28-20-18-27(19-21-28)31-22-6-4-2/h14-21,23-24H,3-13,22H2,1-2H3. The highest BCUT2D eigenvalue weighted by atomic mass is 16.5. The van der Waals surface area contributed by atoms with Crippen LogP contribution >= 0.6 is 0 Å². The van der Waals surface area contributed by atoms with E-state index >= 15 is 0 Å². The molecule has 174 valence electrons. The third kappa shape index (κ3) is 7.69. The Hall–Kier alpha value is -2.29. The van der Waals surface area contributed by atoms with Gasteiger partial charge < -0.3 is 9.47 Å². The van der Waals surface area contributed by atoms with Crippen LogP contribution in [-0.4, -0.2) is 12.6 Å². The van der Waals surface area contributed by atoms with Crippen LogP contribution in [0.4, 0.5) is 0 Å². The predicted octanol–water partition coefficient (Wildman–Crippen LogP) is 8.33. The summed E-state index contributed by atoms with van der Waals surface area (Å²) >= 11 is 0. The van der Waals surface area contributed by atoms with Gasteiger partial charge in [-0.25, -0.2) is 4.79 Å². The molecule has 3 rings (SSSR count). The largest absolute Gasteiger partial charge is 0.494 e. The maximum atomic E-state index is 12.5. The van der Waals surface area contributed by atoms with Gasteiger partial charge in [-0.2, -0.15) is 0 Å². The van der Waals surface area contributed by atoms with Crippen LogP contribution in [-0.2, 0) is 0 Å². The van der Waals surface area contributed by atoms with E-state index in [1.807, 2.05) is 24.3 Å². The van der Waals surface area contributed by atoms with Crippen molar-refractivity contribution in [2.45, 2.75) is 90.4 Å². The number of esters is 1. The summed E-state index contributed by atoms with van der Waals surface area (Å²) in [5, 5.41) is 0. The zero-order valence-corrected chi connectivity index (χ0v) is 20.0. The molecule has 0 saturated heterocycles. The van der Waals surface area contributed by atoms with E-state index in [1.54, 1.807) is 12.1 Å². The normalized spacial score (nSPS) is 18.3. The van der Waals surface area contributed by atoms with Gasteiger partial charge >= 0.3 is 5.97 Å². The summed E-state index contributed by atoms with van der Waals surface area (Å²) < 4.78 is 11.2. The summed E-state index contributed by atoms with van der Waals surface area (Å²) in [6, 6.07) is 15.3. The van der Waals surface area contributed by atoms with Crippen LogP contribution < -0.4 is 9.47 Å². The number of rotatable bonds is 12. The van der Waals surface area contributed by atoms with Gasteiger partial charge in [0.25, 0.3) is 0 Å². The van der Waals surface area contributed by atoms with E-state index in [2.05, 4.69) is 26.0 Å². The van der Waals surface area contributed by atoms with Crippen molar-refractivity contribution < 1.29 is 14.3 Å². The monoisotopic (exact) mass is 436 g/mol. The van der Waals surface area contributed by atoms with Crippen molar-refractivity contribution in [1.82, 2.24) is 0 Å². The average Bonchev–Trinajstić information content (AvgIpc) is 2.84. The molecule has 0 amide bonds. The highest BCUT2D eigenvalue weighted by molar-refractivity contribution is 5.91. The van der Waals surface area contributed by atoms with Crippen LogP contribution in [0, 0.1) is 5.92 Å². The van der Waals surface area contributed by atoms with Crippen molar-refractivity contribution in [1.29, 1.82) is 0 Å². The number of ether oxygens (including phenoxy) is 2. The van der Waals surface area contributed by atoms with Gasteiger partial charge in [0.1, 0.15) is 11.5 Å². The fourth-order valence-electron chi connectivity index (χ4n) is 4.64. The first-order chi connectivity index (χ1) is 15.7. The molecule has 0 atom stereocenters. The molecule has 0 aromatic heterocycles. The molecular formula is C29H40O3. The first kappa shape index (κ1) is 24.4. The van der Waals surface area contributed by atoms with Crippen molar-refractivity contribution >= 4 is 5.97 Å². The summed E-state index contributed by atoms with van der Waals surface area (Å²) in [5.74, 6) is 2.58. The molecular weight excluding hydrogens is 396 g/mol. The van der Waals surface area contributed by atoms with E-state index in [0.29, 0.717) is 23.8 Å². The predicted molar refractivity (Wildman–Crippen MR) is 132 cm³/mol. The Bertz CT molecular complexity index is 786. The summed E-state index contributed by atoms with van der Waals surface area (Å²) in [4.78, 5) is 12.5. The van der Waals surface area contributed by atoms with Crippen molar-refractivity contribution in [2.24, 2.45) is 5.92 Å². The molecule has 0 spiro atoms. The third-order valence-electron chi connectivity index (χ3n) is 6.73. The molecule has 2 aromatic carbocycles. The Balaban J connectivity index is 1.44. The van der Waals surface area contributed by atoms with Gasteiger partial charge in [-0.3, -0.25) is 0 Å². The highest BCUT2D eigenvalue weighted by Crippen LogP contribution is 2.37. The smallest absolute Gasteiger partial charge is 0.343 e. The highest BCUT2D eigenvalue weighted by Gasteiger charge is 2.22. The molecule has 32 heavy (non-hydrogen) atoms. The van der Waals surface area contributed by atoms with Crippen molar-refractivity contribution in [3.05, 3.63) is 59.7 Å². The Morgan fingerprint density at radius 2 is 1.44 bits per heavy atom. The van der Waals surface area contributed by atoms with E-state index < -0.39 is 0 Å². The van der Waals surface area contributed by atoms with Crippen molar-refractivity contribution in [3.63, 3.8) is 0 Å². The van der Waals surface area contributed by atoms with Crippen LogP contribution in [0.3, 0.4) is 0 Å². The van der Waals surface area contributed by atoms with Crippen LogP contribution in [0.1, 0.15) is 106 Å². The van der Waals surface area contributed by atoms with Gasteiger partial charge in [0, 0.05) is 0 Å². The second-order valence-electron chi connectivity index (χ2n) is 9.25. The minimum absolute atomic E-state index is 0.313. The van der Waals surface area contributed by atoms with Crippen LogP contribution in [0.5, 0.6) is 11.5 Å². The Kier molecular flexibility index (Phi) is 10.1. The number of unbranched alkanes of at least 4 members (excludes halogenated alkanes) is 4. The van der Waals surface area contributed by atoms with E-state index in [9.17, 15) is 4.79 Å².